The van der Waals surface area contributed by atoms with Gasteiger partial charge >= 0.3 is 0 Å². The molecule has 6 nitrogen and oxygen atoms in total. The number of nitrogens with one attached hydrogen (secondary N) is 1. The lowest BCUT2D eigenvalue weighted by atomic mass is 10.0. The Kier molecular flexibility index (Phi) is 4.78. The van der Waals surface area contributed by atoms with Crippen molar-refractivity contribution in [2.45, 2.75) is 30.7 Å². The summed E-state index contributed by atoms with van der Waals surface area (Å²) < 4.78 is 40.1. The summed E-state index contributed by atoms with van der Waals surface area (Å²) in [4.78, 5) is 10.7. The number of carbonyl (C=O) groups is 1. The van der Waals surface area contributed by atoms with Crippen molar-refractivity contribution in [2.75, 3.05) is 5.73 Å². The van der Waals surface area contributed by atoms with Gasteiger partial charge in [0.25, 0.3) is 0 Å². The molecule has 0 saturated heterocycles. The van der Waals surface area contributed by atoms with Gasteiger partial charge in [-0.2, -0.15) is 0 Å². The Balaban J connectivity index is 3.18. The number of primary amides is 1. The number of nitrogen functional groups attached to an aromatic ring is 1. The number of benzene rings is 1. The van der Waals surface area contributed by atoms with Crippen LogP contribution in [-0.2, 0) is 14.8 Å². The molecular formula is C11H15BrFN3O3S. The fourth-order valence-corrected chi connectivity index (χ4v) is 4.10. The van der Waals surface area contributed by atoms with E-state index in [1.165, 1.54) is 13.8 Å². The van der Waals surface area contributed by atoms with Gasteiger partial charge in [-0.05, 0) is 41.9 Å². The molecule has 0 spiro atoms. The van der Waals surface area contributed by atoms with Crippen LogP contribution in [0.15, 0.2) is 21.5 Å². The van der Waals surface area contributed by atoms with Gasteiger partial charge in [-0.25, -0.2) is 17.5 Å². The van der Waals surface area contributed by atoms with Gasteiger partial charge in [-0.1, -0.05) is 0 Å². The van der Waals surface area contributed by atoms with E-state index in [-0.39, 0.29) is 21.5 Å². The Morgan fingerprint density at radius 2 is 2.00 bits per heavy atom. The smallest absolute Gasteiger partial charge is 0.242 e. The van der Waals surface area contributed by atoms with Crippen LogP contribution in [0.25, 0.3) is 0 Å². The number of hydrogen-bond acceptors (Lipinski definition) is 4. The van der Waals surface area contributed by atoms with Crippen LogP contribution in [0.2, 0.25) is 0 Å². The first kappa shape index (κ1) is 16.9. The van der Waals surface area contributed by atoms with E-state index in [0.29, 0.717) is 0 Å². The molecule has 0 aliphatic rings. The van der Waals surface area contributed by atoms with Crippen molar-refractivity contribution in [3.8, 4) is 0 Å². The molecule has 5 N–H and O–H groups in total. The lowest BCUT2D eigenvalue weighted by Gasteiger charge is -2.24. The van der Waals surface area contributed by atoms with Crippen molar-refractivity contribution in [1.29, 1.82) is 0 Å². The number of sulfonamides is 1. The summed E-state index contributed by atoms with van der Waals surface area (Å²) >= 11 is 2.97. The lowest BCUT2D eigenvalue weighted by Crippen LogP contribution is -2.46. The van der Waals surface area contributed by atoms with Crippen molar-refractivity contribution in [1.82, 2.24) is 4.72 Å². The minimum atomic E-state index is -3.98. The molecule has 0 aliphatic heterocycles. The van der Waals surface area contributed by atoms with E-state index in [2.05, 4.69) is 20.7 Å². The van der Waals surface area contributed by atoms with E-state index < -0.39 is 27.3 Å². The van der Waals surface area contributed by atoms with Crippen molar-refractivity contribution in [3.05, 3.63) is 22.4 Å². The highest BCUT2D eigenvalue weighted by Gasteiger charge is 2.29. The molecule has 112 valence electrons. The third-order valence-corrected chi connectivity index (χ3v) is 5.02. The molecule has 1 aromatic rings. The van der Waals surface area contributed by atoms with E-state index >= 15 is 0 Å². The van der Waals surface area contributed by atoms with Crippen molar-refractivity contribution >= 4 is 37.5 Å². The van der Waals surface area contributed by atoms with Crippen LogP contribution >= 0.6 is 15.9 Å². The zero-order valence-electron chi connectivity index (χ0n) is 10.9. The van der Waals surface area contributed by atoms with Crippen LogP contribution in [0.3, 0.4) is 0 Å². The number of rotatable bonds is 5. The molecule has 0 unspecified atom stereocenters. The monoisotopic (exact) mass is 367 g/mol. The second kappa shape index (κ2) is 5.66. The van der Waals surface area contributed by atoms with Crippen molar-refractivity contribution < 1.29 is 17.6 Å². The van der Waals surface area contributed by atoms with Crippen LogP contribution in [0.4, 0.5) is 10.1 Å². The highest BCUT2D eigenvalue weighted by molar-refractivity contribution is 9.10. The van der Waals surface area contributed by atoms with Gasteiger partial charge in [-0.3, -0.25) is 4.79 Å². The third-order valence-electron chi connectivity index (χ3n) is 2.37. The maximum Gasteiger partial charge on any atom is 0.242 e. The zero-order chi connectivity index (χ0) is 15.7. The summed E-state index contributed by atoms with van der Waals surface area (Å²) in [6, 6.07) is 1.97. The van der Waals surface area contributed by atoms with Crippen LogP contribution in [0.1, 0.15) is 20.3 Å². The van der Waals surface area contributed by atoms with Crippen molar-refractivity contribution in [3.63, 3.8) is 0 Å². The molecule has 0 aliphatic carbocycles. The van der Waals surface area contributed by atoms with Gasteiger partial charge in [0.15, 0.2) is 0 Å². The number of anilines is 1. The molecule has 0 saturated carbocycles. The molecule has 0 fully saturated rings. The first-order chi connectivity index (χ1) is 8.94. The highest BCUT2D eigenvalue weighted by atomic mass is 79.9. The van der Waals surface area contributed by atoms with E-state index in [1.54, 1.807) is 0 Å². The fourth-order valence-electron chi connectivity index (χ4n) is 1.64. The lowest BCUT2D eigenvalue weighted by molar-refractivity contribution is -0.119. The number of amides is 1. The highest BCUT2D eigenvalue weighted by Crippen LogP contribution is 2.27. The Hall–Kier alpha value is -1.19. The fraction of sp³-hybridized carbons (Fsp3) is 0.364. The molecule has 9 heteroatoms. The van der Waals surface area contributed by atoms with Crippen LogP contribution < -0.4 is 16.2 Å². The molecule has 0 radical (unpaired) electrons. The van der Waals surface area contributed by atoms with Gasteiger partial charge in [-0.15, -0.1) is 0 Å². The number of hydrogen-bond donors (Lipinski definition) is 3. The van der Waals surface area contributed by atoms with Gasteiger partial charge in [0.2, 0.25) is 15.9 Å². The number of carbonyl (C=O) groups excluding carboxylic acids is 1. The molecule has 20 heavy (non-hydrogen) atoms. The average Bonchev–Trinajstić information content (AvgIpc) is 2.19. The minimum absolute atomic E-state index is 0.0339. The SMILES string of the molecule is CC(C)(CC(N)=O)NS(=O)(=O)c1cc(N)c(F)cc1Br. The summed E-state index contributed by atoms with van der Waals surface area (Å²) in [6.45, 7) is 3.02. The average molecular weight is 368 g/mol. The topological polar surface area (TPSA) is 115 Å². The minimum Gasteiger partial charge on any atom is -0.396 e. The van der Waals surface area contributed by atoms with Crippen LogP contribution in [0, 0.1) is 5.82 Å². The van der Waals surface area contributed by atoms with Gasteiger partial charge in [0, 0.05) is 16.4 Å². The summed E-state index contributed by atoms with van der Waals surface area (Å²) in [5.74, 6) is -1.37. The Labute approximate surface area is 124 Å². The maximum atomic E-state index is 13.2. The van der Waals surface area contributed by atoms with Gasteiger partial charge < -0.3 is 11.5 Å². The summed E-state index contributed by atoms with van der Waals surface area (Å²) in [6.07, 6.45) is -0.180. The van der Waals surface area contributed by atoms with E-state index in [1.807, 2.05) is 0 Å². The predicted molar refractivity (Wildman–Crippen MR) is 76.7 cm³/mol. The molecule has 0 atom stereocenters. The zero-order valence-corrected chi connectivity index (χ0v) is 13.3. The summed E-state index contributed by atoms with van der Waals surface area (Å²) in [5, 5.41) is 0. The second-order valence-corrected chi connectivity index (χ2v) is 7.44. The molecule has 1 rings (SSSR count). The van der Waals surface area contributed by atoms with Crippen LogP contribution in [-0.4, -0.2) is 19.9 Å². The van der Waals surface area contributed by atoms with Gasteiger partial charge in [0.05, 0.1) is 10.6 Å². The Bertz CT molecular complexity index is 647. The largest absolute Gasteiger partial charge is 0.396 e. The quantitative estimate of drug-likeness (QED) is 0.675. The van der Waals surface area contributed by atoms with Crippen molar-refractivity contribution in [2.24, 2.45) is 5.73 Å². The van der Waals surface area contributed by atoms with E-state index in [0.717, 1.165) is 12.1 Å². The molecule has 1 amide bonds. The summed E-state index contributed by atoms with van der Waals surface area (Å²) in [5.41, 5.74) is 9.06. The first-order valence-corrected chi connectivity index (χ1v) is 7.79. The normalized spacial score (nSPS) is 12.4. The molecule has 0 bridgehead atoms. The number of halogens is 2. The molecule has 0 heterocycles. The second-order valence-electron chi connectivity index (χ2n) is 4.94. The maximum absolute atomic E-state index is 13.2. The molecule has 0 aromatic heterocycles. The van der Waals surface area contributed by atoms with Gasteiger partial charge in [0.1, 0.15) is 5.82 Å². The van der Waals surface area contributed by atoms with E-state index in [9.17, 15) is 17.6 Å². The predicted octanol–water partition coefficient (Wildman–Crippen LogP) is 1.10. The Morgan fingerprint density at radius 1 is 1.45 bits per heavy atom. The molecular weight excluding hydrogens is 353 g/mol. The number of nitrogens with two attached hydrogens (primary N) is 2. The third kappa shape index (κ3) is 4.15. The standard InChI is InChI=1S/C11H15BrFN3O3S/c1-11(2,5-10(15)17)16-20(18,19)9-4-8(14)7(13)3-6(9)12/h3-4,16H,5,14H2,1-2H3,(H2,15,17). The summed E-state index contributed by atoms with van der Waals surface area (Å²) in [7, 11) is -3.98. The van der Waals surface area contributed by atoms with E-state index in [4.69, 9.17) is 11.5 Å². The Morgan fingerprint density at radius 3 is 2.50 bits per heavy atom. The van der Waals surface area contributed by atoms with Crippen LogP contribution in [0.5, 0.6) is 0 Å². The first-order valence-electron chi connectivity index (χ1n) is 5.51. The molecule has 1 aromatic carbocycles.